The first kappa shape index (κ1) is 18.9. The maximum absolute atomic E-state index is 13.8. The van der Waals surface area contributed by atoms with Gasteiger partial charge in [-0.3, -0.25) is 13.8 Å². The average Bonchev–Trinajstić information content (AvgIpc) is 3.53. The molecule has 0 N–H and O–H groups in total. The summed E-state index contributed by atoms with van der Waals surface area (Å²) in [6.07, 6.45) is 4.89. The van der Waals surface area contributed by atoms with E-state index in [0.717, 1.165) is 23.9 Å². The zero-order valence-electron chi connectivity index (χ0n) is 17.3. The monoisotopic (exact) mass is 430 g/mol. The molecule has 1 atom stereocenters. The second kappa shape index (κ2) is 6.83. The van der Waals surface area contributed by atoms with Crippen molar-refractivity contribution in [3.05, 3.63) is 77.2 Å². The fraction of sp³-hybridized carbons (Fsp3) is 0.217. The van der Waals surface area contributed by atoms with Gasteiger partial charge in [0.25, 0.3) is 5.56 Å². The molecular weight excluding hydrogens is 411 g/mol. The Kier molecular flexibility index (Phi) is 4.03. The highest BCUT2D eigenvalue weighted by atomic mass is 19.1. The standard InChI is InChI=1S/C23H19FN6O2/c1-23(10-5-11-32-23)30-19-9-3-2-8-18(19)28-14-25-20(21(28)22(30)31)17-13-29(27-26-17)16-7-4-6-15(24)12-16/h2-4,6-9,12-14H,5,10-11H2,1H3. The minimum atomic E-state index is -0.737. The predicted molar refractivity (Wildman–Crippen MR) is 116 cm³/mol. The van der Waals surface area contributed by atoms with Crippen LogP contribution in [0.5, 0.6) is 0 Å². The topological polar surface area (TPSA) is 79.2 Å². The molecule has 2 aromatic carbocycles. The van der Waals surface area contributed by atoms with E-state index in [9.17, 15) is 9.18 Å². The largest absolute Gasteiger partial charge is 0.355 e. The maximum Gasteiger partial charge on any atom is 0.280 e. The summed E-state index contributed by atoms with van der Waals surface area (Å²) in [6, 6.07) is 13.8. The van der Waals surface area contributed by atoms with Crippen molar-refractivity contribution < 1.29 is 9.13 Å². The molecule has 6 rings (SSSR count). The fourth-order valence-electron chi connectivity index (χ4n) is 4.52. The zero-order chi connectivity index (χ0) is 21.9. The van der Waals surface area contributed by atoms with Gasteiger partial charge in [-0.1, -0.05) is 23.4 Å². The molecule has 1 unspecified atom stereocenters. The Balaban J connectivity index is 1.61. The summed E-state index contributed by atoms with van der Waals surface area (Å²) < 4.78 is 24.6. The van der Waals surface area contributed by atoms with E-state index >= 15 is 0 Å². The van der Waals surface area contributed by atoms with Crippen LogP contribution in [0.4, 0.5) is 4.39 Å². The van der Waals surface area contributed by atoms with Crippen LogP contribution in [-0.4, -0.2) is 35.6 Å². The third kappa shape index (κ3) is 2.71. The molecule has 4 heterocycles. The third-order valence-electron chi connectivity index (χ3n) is 6.04. The zero-order valence-corrected chi connectivity index (χ0v) is 17.3. The van der Waals surface area contributed by atoms with Crippen molar-refractivity contribution in [3.8, 4) is 17.1 Å². The normalized spacial score (nSPS) is 18.7. The van der Waals surface area contributed by atoms with E-state index in [1.807, 2.05) is 31.2 Å². The van der Waals surface area contributed by atoms with Gasteiger partial charge in [0.05, 0.1) is 22.9 Å². The highest BCUT2D eigenvalue weighted by molar-refractivity contribution is 5.84. The van der Waals surface area contributed by atoms with Crippen molar-refractivity contribution in [2.75, 3.05) is 6.61 Å². The Bertz CT molecular complexity index is 1540. The molecule has 3 aromatic heterocycles. The summed E-state index contributed by atoms with van der Waals surface area (Å²) in [5, 5.41) is 8.33. The predicted octanol–water partition coefficient (Wildman–Crippen LogP) is 3.52. The number of benzene rings is 2. The Labute approximate surface area is 181 Å². The van der Waals surface area contributed by atoms with Gasteiger partial charge < -0.3 is 4.74 Å². The number of hydrogen-bond donors (Lipinski definition) is 0. The third-order valence-corrected chi connectivity index (χ3v) is 6.04. The first-order valence-electron chi connectivity index (χ1n) is 10.4. The molecule has 1 aliphatic heterocycles. The van der Waals surface area contributed by atoms with E-state index in [4.69, 9.17) is 4.74 Å². The smallest absolute Gasteiger partial charge is 0.280 e. The van der Waals surface area contributed by atoms with Crippen LogP contribution in [0, 0.1) is 5.82 Å². The van der Waals surface area contributed by atoms with Crippen LogP contribution < -0.4 is 5.56 Å². The van der Waals surface area contributed by atoms with Crippen LogP contribution in [0.15, 0.2) is 65.8 Å². The molecule has 8 nitrogen and oxygen atoms in total. The minimum Gasteiger partial charge on any atom is -0.355 e. The molecular formula is C23H19FN6O2. The molecule has 0 bridgehead atoms. The molecule has 0 aliphatic carbocycles. The van der Waals surface area contributed by atoms with Gasteiger partial charge in [0, 0.05) is 6.61 Å². The molecule has 32 heavy (non-hydrogen) atoms. The quantitative estimate of drug-likeness (QED) is 0.438. The van der Waals surface area contributed by atoms with Crippen molar-refractivity contribution in [1.29, 1.82) is 0 Å². The van der Waals surface area contributed by atoms with Crippen molar-refractivity contribution in [3.63, 3.8) is 0 Å². The van der Waals surface area contributed by atoms with Crippen molar-refractivity contribution in [1.82, 2.24) is 28.9 Å². The lowest BCUT2D eigenvalue weighted by Crippen LogP contribution is -2.39. The second-order valence-electron chi connectivity index (χ2n) is 8.10. The van der Waals surface area contributed by atoms with E-state index in [0.29, 0.717) is 29.2 Å². The fourth-order valence-corrected chi connectivity index (χ4v) is 4.52. The highest BCUT2D eigenvalue weighted by Crippen LogP contribution is 2.33. The molecule has 5 aromatic rings. The number of rotatable bonds is 3. The molecule has 9 heteroatoms. The highest BCUT2D eigenvalue weighted by Gasteiger charge is 2.35. The molecule has 1 fully saturated rings. The average molecular weight is 430 g/mol. The molecule has 0 radical (unpaired) electrons. The van der Waals surface area contributed by atoms with E-state index in [-0.39, 0.29) is 11.4 Å². The Morgan fingerprint density at radius 1 is 1.12 bits per heavy atom. The van der Waals surface area contributed by atoms with Gasteiger partial charge in [-0.05, 0) is 50.1 Å². The van der Waals surface area contributed by atoms with Gasteiger partial charge in [-0.15, -0.1) is 5.10 Å². The van der Waals surface area contributed by atoms with Crippen molar-refractivity contribution >= 4 is 16.6 Å². The van der Waals surface area contributed by atoms with Gasteiger partial charge in [0.2, 0.25) is 0 Å². The number of ether oxygens (including phenoxy) is 1. The van der Waals surface area contributed by atoms with Crippen molar-refractivity contribution in [2.45, 2.75) is 25.5 Å². The molecule has 1 aliphatic rings. The number of hydrogen-bond acceptors (Lipinski definition) is 5. The molecule has 160 valence electrons. The van der Waals surface area contributed by atoms with E-state index in [2.05, 4.69) is 15.3 Å². The minimum absolute atomic E-state index is 0.207. The first-order chi connectivity index (χ1) is 15.5. The van der Waals surface area contributed by atoms with Crippen molar-refractivity contribution in [2.24, 2.45) is 0 Å². The number of para-hydroxylation sites is 2. The number of aromatic nitrogens is 6. The van der Waals surface area contributed by atoms with Gasteiger partial charge in [0.15, 0.2) is 0 Å². The van der Waals surface area contributed by atoms with Crippen LogP contribution >= 0.6 is 0 Å². The van der Waals surface area contributed by atoms with E-state index in [1.165, 1.54) is 16.8 Å². The SMILES string of the molecule is CC1(n2c(=O)c3c(-c4cn(-c5cccc(F)c5)nn4)ncn3c3ccccc32)CCCO1. The number of nitrogens with zero attached hydrogens (tertiary/aromatic N) is 6. The van der Waals surface area contributed by atoms with Crippen LogP contribution in [-0.2, 0) is 10.5 Å². The number of halogens is 1. The Morgan fingerprint density at radius 3 is 2.75 bits per heavy atom. The van der Waals surface area contributed by atoms with Gasteiger partial charge in [-0.2, -0.15) is 0 Å². The molecule has 1 saturated heterocycles. The summed E-state index contributed by atoms with van der Waals surface area (Å²) in [6.45, 7) is 2.55. The Hall–Kier alpha value is -3.85. The Morgan fingerprint density at radius 2 is 1.97 bits per heavy atom. The molecule has 0 spiro atoms. The lowest BCUT2D eigenvalue weighted by atomic mass is 10.1. The maximum atomic E-state index is 13.8. The number of imidazole rings is 1. The summed E-state index contributed by atoms with van der Waals surface area (Å²) in [7, 11) is 0. The van der Waals surface area contributed by atoms with Gasteiger partial charge in [-0.25, -0.2) is 14.1 Å². The second-order valence-corrected chi connectivity index (χ2v) is 8.10. The van der Waals surface area contributed by atoms with Crippen LogP contribution in [0.2, 0.25) is 0 Å². The summed E-state index contributed by atoms with van der Waals surface area (Å²) >= 11 is 0. The lowest BCUT2D eigenvalue weighted by molar-refractivity contribution is -0.0447. The van der Waals surface area contributed by atoms with E-state index < -0.39 is 5.72 Å². The van der Waals surface area contributed by atoms with Crippen LogP contribution in [0.1, 0.15) is 19.8 Å². The number of fused-ring (bicyclic) bond motifs is 3. The summed E-state index contributed by atoms with van der Waals surface area (Å²) in [4.78, 5) is 18.3. The lowest BCUT2D eigenvalue weighted by Gasteiger charge is -2.28. The van der Waals surface area contributed by atoms with Gasteiger partial charge in [0.1, 0.15) is 34.8 Å². The first-order valence-corrected chi connectivity index (χ1v) is 10.4. The van der Waals surface area contributed by atoms with Crippen LogP contribution in [0.3, 0.4) is 0 Å². The summed E-state index contributed by atoms with van der Waals surface area (Å²) in [5.41, 5.74) is 2.44. The van der Waals surface area contributed by atoms with Crippen LogP contribution in [0.25, 0.3) is 33.6 Å². The molecule has 0 saturated carbocycles. The molecule has 0 amide bonds. The van der Waals surface area contributed by atoms with E-state index in [1.54, 1.807) is 33.6 Å². The summed E-state index contributed by atoms with van der Waals surface area (Å²) in [5.74, 6) is -0.369. The van der Waals surface area contributed by atoms with Gasteiger partial charge >= 0.3 is 0 Å².